The number of cyclic esters (lactones) is 1. The Morgan fingerprint density at radius 3 is 2.94 bits per heavy atom. The van der Waals surface area contributed by atoms with Crippen molar-refractivity contribution >= 4 is 40.7 Å². The van der Waals surface area contributed by atoms with Crippen LogP contribution in [0.2, 0.25) is 5.02 Å². The van der Waals surface area contributed by atoms with E-state index in [1.54, 1.807) is 29.8 Å². The third kappa shape index (κ3) is 6.58. The van der Waals surface area contributed by atoms with Crippen LogP contribution in [0.25, 0.3) is 0 Å². The SMILES string of the molecule is CCO[C@@H]1OC(=O)C[C@@H]1NC(=O)[C@@H]1CCCN1C[C@H](Cc1cscn1)NC(=O)c1ccccc1Cl. The van der Waals surface area contributed by atoms with Crippen molar-refractivity contribution < 1.29 is 23.9 Å². The van der Waals surface area contributed by atoms with E-state index in [1.807, 2.05) is 12.3 Å². The highest BCUT2D eigenvalue weighted by Gasteiger charge is 2.40. The quantitative estimate of drug-likeness (QED) is 0.463. The lowest BCUT2D eigenvalue weighted by Gasteiger charge is -2.30. The fourth-order valence-electron chi connectivity index (χ4n) is 4.53. The predicted molar refractivity (Wildman–Crippen MR) is 131 cm³/mol. The first-order chi connectivity index (χ1) is 16.9. The van der Waals surface area contributed by atoms with E-state index in [4.69, 9.17) is 21.1 Å². The molecule has 0 bridgehead atoms. The Labute approximate surface area is 213 Å². The zero-order valence-electron chi connectivity index (χ0n) is 19.4. The molecule has 0 radical (unpaired) electrons. The Bertz CT molecular complexity index is 1040. The summed E-state index contributed by atoms with van der Waals surface area (Å²) in [6.07, 6.45) is 1.40. The van der Waals surface area contributed by atoms with Gasteiger partial charge in [0.05, 0.1) is 34.3 Å². The number of ether oxygens (including phenoxy) is 2. The van der Waals surface area contributed by atoms with Crippen molar-refractivity contribution in [3.05, 3.63) is 51.4 Å². The van der Waals surface area contributed by atoms with Crippen molar-refractivity contribution in [2.24, 2.45) is 0 Å². The first-order valence-electron chi connectivity index (χ1n) is 11.7. The number of rotatable bonds is 10. The Balaban J connectivity index is 1.43. The topological polar surface area (TPSA) is 110 Å². The molecule has 4 atom stereocenters. The minimum absolute atomic E-state index is 0.0868. The number of carbonyl (C=O) groups is 3. The minimum atomic E-state index is -0.765. The Kier molecular flexibility index (Phi) is 8.72. The first kappa shape index (κ1) is 25.6. The van der Waals surface area contributed by atoms with Crippen LogP contribution >= 0.6 is 22.9 Å². The average molecular weight is 521 g/mol. The number of thiazole rings is 1. The van der Waals surface area contributed by atoms with Gasteiger partial charge in [-0.3, -0.25) is 19.3 Å². The van der Waals surface area contributed by atoms with E-state index in [0.29, 0.717) is 36.6 Å². The summed E-state index contributed by atoms with van der Waals surface area (Å²) in [5.41, 5.74) is 3.04. The number of likely N-dealkylation sites (tertiary alicyclic amines) is 1. The molecule has 1 aromatic heterocycles. The van der Waals surface area contributed by atoms with Gasteiger partial charge in [-0.25, -0.2) is 4.98 Å². The van der Waals surface area contributed by atoms with Gasteiger partial charge >= 0.3 is 5.97 Å². The molecular weight excluding hydrogens is 492 g/mol. The van der Waals surface area contributed by atoms with Gasteiger partial charge in [0.25, 0.3) is 5.91 Å². The van der Waals surface area contributed by atoms with Gasteiger partial charge in [-0.1, -0.05) is 23.7 Å². The molecule has 0 aliphatic carbocycles. The van der Waals surface area contributed by atoms with Crippen molar-refractivity contribution in [1.82, 2.24) is 20.5 Å². The molecule has 2 fully saturated rings. The number of hydrogen-bond acceptors (Lipinski definition) is 8. The van der Waals surface area contributed by atoms with E-state index in [2.05, 4.69) is 20.5 Å². The number of esters is 1. The fourth-order valence-corrected chi connectivity index (χ4v) is 5.33. The summed E-state index contributed by atoms with van der Waals surface area (Å²) in [4.78, 5) is 44.3. The van der Waals surface area contributed by atoms with E-state index in [-0.39, 0.29) is 36.3 Å². The number of nitrogens with one attached hydrogen (secondary N) is 2. The van der Waals surface area contributed by atoms with Gasteiger partial charge in [0.2, 0.25) is 12.2 Å². The summed E-state index contributed by atoms with van der Waals surface area (Å²) in [6.45, 7) is 3.38. The van der Waals surface area contributed by atoms with Gasteiger partial charge in [-0.2, -0.15) is 0 Å². The molecule has 188 valence electrons. The summed E-state index contributed by atoms with van der Waals surface area (Å²) in [6, 6.07) is 5.75. The van der Waals surface area contributed by atoms with Crippen LogP contribution in [0, 0.1) is 0 Å². The first-order valence-corrected chi connectivity index (χ1v) is 13.0. The van der Waals surface area contributed by atoms with Crippen LogP contribution in [-0.4, -0.2) is 71.8 Å². The fraction of sp³-hybridized carbons (Fsp3) is 0.500. The van der Waals surface area contributed by atoms with Crippen molar-refractivity contribution in [2.75, 3.05) is 19.7 Å². The van der Waals surface area contributed by atoms with Crippen LogP contribution in [0.5, 0.6) is 0 Å². The van der Waals surface area contributed by atoms with Crippen LogP contribution in [0.15, 0.2) is 35.2 Å². The van der Waals surface area contributed by atoms with Crippen LogP contribution in [0.3, 0.4) is 0 Å². The molecule has 35 heavy (non-hydrogen) atoms. The maximum atomic E-state index is 13.2. The van der Waals surface area contributed by atoms with Crippen molar-refractivity contribution in [3.8, 4) is 0 Å². The molecule has 4 rings (SSSR count). The number of aromatic nitrogens is 1. The Morgan fingerprint density at radius 2 is 2.20 bits per heavy atom. The summed E-state index contributed by atoms with van der Waals surface area (Å²) >= 11 is 7.72. The highest BCUT2D eigenvalue weighted by molar-refractivity contribution is 7.07. The molecular formula is C24H29ClN4O5S. The lowest BCUT2D eigenvalue weighted by molar-refractivity contribution is -0.164. The lowest BCUT2D eigenvalue weighted by atomic mass is 10.1. The predicted octanol–water partition coefficient (Wildman–Crippen LogP) is 2.40. The summed E-state index contributed by atoms with van der Waals surface area (Å²) in [7, 11) is 0. The van der Waals surface area contributed by atoms with Gasteiger partial charge in [0.1, 0.15) is 6.04 Å². The molecule has 0 unspecified atom stereocenters. The highest BCUT2D eigenvalue weighted by atomic mass is 35.5. The van der Waals surface area contributed by atoms with E-state index in [9.17, 15) is 14.4 Å². The normalized spacial score (nSPS) is 23.1. The average Bonchev–Trinajstić information content (AvgIpc) is 3.57. The number of benzene rings is 1. The monoisotopic (exact) mass is 520 g/mol. The second-order valence-corrected chi connectivity index (χ2v) is 9.75. The van der Waals surface area contributed by atoms with E-state index < -0.39 is 12.3 Å². The molecule has 0 spiro atoms. The molecule has 2 aromatic rings. The zero-order valence-corrected chi connectivity index (χ0v) is 21.0. The van der Waals surface area contributed by atoms with Crippen LogP contribution in [-0.2, 0) is 25.5 Å². The molecule has 2 saturated heterocycles. The van der Waals surface area contributed by atoms with Gasteiger partial charge < -0.3 is 20.1 Å². The molecule has 3 heterocycles. The molecule has 2 aliphatic rings. The summed E-state index contributed by atoms with van der Waals surface area (Å²) < 4.78 is 10.6. The van der Waals surface area contributed by atoms with E-state index in [1.165, 1.54) is 11.3 Å². The number of halogens is 1. The third-order valence-corrected chi connectivity index (χ3v) is 7.10. The van der Waals surface area contributed by atoms with Gasteiger partial charge in [0.15, 0.2) is 0 Å². The maximum Gasteiger partial charge on any atom is 0.310 e. The van der Waals surface area contributed by atoms with E-state index >= 15 is 0 Å². The molecule has 9 nitrogen and oxygen atoms in total. The molecule has 0 saturated carbocycles. The molecule has 2 amide bonds. The number of hydrogen-bond donors (Lipinski definition) is 2. The number of carbonyl (C=O) groups excluding carboxylic acids is 3. The number of amides is 2. The molecule has 2 aliphatic heterocycles. The van der Waals surface area contributed by atoms with Gasteiger partial charge in [-0.15, -0.1) is 11.3 Å². The molecule has 1 aromatic carbocycles. The molecule has 2 N–H and O–H groups in total. The van der Waals surface area contributed by atoms with Gasteiger partial charge in [-0.05, 0) is 38.4 Å². The van der Waals surface area contributed by atoms with Gasteiger partial charge in [0, 0.05) is 31.0 Å². The minimum Gasteiger partial charge on any atom is -0.433 e. The standard InChI is InChI=1S/C24H29ClN4O5S/c1-2-33-24-19(11-21(30)34-24)28-23(32)20-8-5-9-29(20)12-15(10-16-13-35-14-26-16)27-22(31)17-6-3-4-7-18(17)25/h3-4,6-7,13-15,19-20,24H,2,5,8-12H2,1H3,(H,27,31)(H,28,32)/t15-,19-,20-,24+/m0/s1. The van der Waals surface area contributed by atoms with Crippen LogP contribution < -0.4 is 10.6 Å². The zero-order chi connectivity index (χ0) is 24.8. The Morgan fingerprint density at radius 1 is 1.37 bits per heavy atom. The van der Waals surface area contributed by atoms with Crippen molar-refractivity contribution in [2.45, 2.75) is 57.0 Å². The number of nitrogens with zero attached hydrogens (tertiary/aromatic N) is 2. The Hall–Kier alpha value is -2.53. The summed E-state index contributed by atoms with van der Waals surface area (Å²) in [5.74, 6) is -0.819. The second-order valence-electron chi connectivity index (χ2n) is 8.62. The largest absolute Gasteiger partial charge is 0.433 e. The summed E-state index contributed by atoms with van der Waals surface area (Å²) in [5, 5.41) is 8.36. The van der Waals surface area contributed by atoms with Crippen molar-refractivity contribution in [1.29, 1.82) is 0 Å². The second kappa shape index (κ2) is 11.9. The molecule has 11 heteroatoms. The third-order valence-electron chi connectivity index (χ3n) is 6.14. The van der Waals surface area contributed by atoms with Crippen LogP contribution in [0.1, 0.15) is 42.2 Å². The highest BCUT2D eigenvalue weighted by Crippen LogP contribution is 2.22. The van der Waals surface area contributed by atoms with Crippen molar-refractivity contribution in [3.63, 3.8) is 0 Å². The maximum absolute atomic E-state index is 13.2. The van der Waals surface area contributed by atoms with E-state index in [0.717, 1.165) is 18.7 Å². The smallest absolute Gasteiger partial charge is 0.310 e. The lowest BCUT2D eigenvalue weighted by Crippen LogP contribution is -2.53. The van der Waals surface area contributed by atoms with Crippen LogP contribution in [0.4, 0.5) is 0 Å².